The summed E-state index contributed by atoms with van der Waals surface area (Å²) in [6.45, 7) is 0.528. The van der Waals surface area contributed by atoms with Crippen molar-refractivity contribution >= 4 is 45.3 Å². The van der Waals surface area contributed by atoms with Crippen molar-refractivity contribution in [3.63, 3.8) is 0 Å². The van der Waals surface area contributed by atoms with Gasteiger partial charge in [-0.3, -0.25) is 4.99 Å². The molecule has 0 amide bonds. The van der Waals surface area contributed by atoms with Crippen LogP contribution in [0.4, 0.5) is 14.5 Å². The van der Waals surface area contributed by atoms with E-state index in [4.69, 9.17) is 21.4 Å². The van der Waals surface area contributed by atoms with Gasteiger partial charge in [-0.1, -0.05) is 23.4 Å². The second kappa shape index (κ2) is 7.94. The maximum Gasteiger partial charge on any atom is 0.198 e. The molecule has 3 aromatic rings. The number of amidine groups is 1. The SMILES string of the molecule is OC[C@H]1CN=C(Nc2cc(F)c(Oc3ccnc4[nH]cc(Cl)c34)c(F)c2)SC1. The lowest BCUT2D eigenvalue weighted by Crippen LogP contribution is -2.23. The van der Waals surface area contributed by atoms with Crippen molar-refractivity contribution in [1.82, 2.24) is 9.97 Å². The van der Waals surface area contributed by atoms with Crippen LogP contribution in [0.5, 0.6) is 11.5 Å². The summed E-state index contributed by atoms with van der Waals surface area (Å²) in [7, 11) is 0. The number of aliphatic imine (C=N–C) groups is 1. The molecule has 28 heavy (non-hydrogen) atoms. The third-order valence-corrected chi connectivity index (χ3v) is 5.60. The van der Waals surface area contributed by atoms with Gasteiger partial charge in [0.2, 0.25) is 0 Å². The zero-order valence-electron chi connectivity index (χ0n) is 14.4. The molecule has 6 nitrogen and oxygen atoms in total. The van der Waals surface area contributed by atoms with E-state index in [2.05, 4.69) is 20.3 Å². The number of fused-ring (bicyclic) bond motifs is 1. The number of ether oxygens (including phenoxy) is 1. The average Bonchev–Trinajstić information content (AvgIpc) is 3.07. The monoisotopic (exact) mass is 424 g/mol. The van der Waals surface area contributed by atoms with Gasteiger partial charge in [-0.05, 0) is 6.07 Å². The van der Waals surface area contributed by atoms with Gasteiger partial charge in [0, 0.05) is 55.0 Å². The van der Waals surface area contributed by atoms with Gasteiger partial charge in [-0.2, -0.15) is 0 Å². The molecule has 4 rings (SSSR count). The number of anilines is 1. The highest BCUT2D eigenvalue weighted by molar-refractivity contribution is 8.14. The topological polar surface area (TPSA) is 82.5 Å². The highest BCUT2D eigenvalue weighted by atomic mass is 35.5. The van der Waals surface area contributed by atoms with Crippen molar-refractivity contribution in [3.05, 3.63) is 47.2 Å². The van der Waals surface area contributed by atoms with Crippen LogP contribution in [-0.2, 0) is 0 Å². The van der Waals surface area contributed by atoms with E-state index in [1.165, 1.54) is 30.2 Å². The molecule has 1 atom stereocenters. The third-order valence-electron chi connectivity index (χ3n) is 4.16. The molecule has 1 aromatic carbocycles. The average molecular weight is 425 g/mol. The van der Waals surface area contributed by atoms with Crippen LogP contribution in [0.3, 0.4) is 0 Å². The lowest BCUT2D eigenvalue weighted by molar-refractivity contribution is 0.244. The fourth-order valence-corrected chi connectivity index (χ4v) is 3.93. The molecule has 0 unspecified atom stereocenters. The number of H-pyrrole nitrogens is 1. The van der Waals surface area contributed by atoms with Gasteiger partial charge in [0.15, 0.2) is 22.6 Å². The van der Waals surface area contributed by atoms with E-state index < -0.39 is 17.4 Å². The summed E-state index contributed by atoms with van der Waals surface area (Å²) in [5.74, 6) is -1.30. The first-order valence-electron chi connectivity index (χ1n) is 8.38. The number of aliphatic hydroxyl groups excluding tert-OH is 1. The van der Waals surface area contributed by atoms with Crippen molar-refractivity contribution in [2.75, 3.05) is 24.2 Å². The summed E-state index contributed by atoms with van der Waals surface area (Å²) >= 11 is 7.49. The molecule has 0 spiro atoms. The minimum atomic E-state index is -0.867. The fourth-order valence-electron chi connectivity index (χ4n) is 2.73. The number of aromatic nitrogens is 2. The van der Waals surface area contributed by atoms with Crippen molar-refractivity contribution in [1.29, 1.82) is 0 Å². The lowest BCUT2D eigenvalue weighted by atomic mass is 10.2. The first-order valence-corrected chi connectivity index (χ1v) is 9.75. The Hall–Kier alpha value is -2.36. The van der Waals surface area contributed by atoms with Crippen LogP contribution in [-0.4, -0.2) is 39.1 Å². The number of hydrogen-bond donors (Lipinski definition) is 3. The zero-order valence-corrected chi connectivity index (χ0v) is 15.9. The van der Waals surface area contributed by atoms with Crippen molar-refractivity contribution in [3.8, 4) is 11.5 Å². The molecule has 1 aliphatic rings. The van der Waals surface area contributed by atoms with Crippen molar-refractivity contribution in [2.24, 2.45) is 10.9 Å². The number of hydrogen-bond acceptors (Lipinski definition) is 6. The molecule has 0 radical (unpaired) electrons. The lowest BCUT2D eigenvalue weighted by Gasteiger charge is -2.19. The molecule has 10 heteroatoms. The van der Waals surface area contributed by atoms with Crippen LogP contribution in [0.2, 0.25) is 5.02 Å². The van der Waals surface area contributed by atoms with Crippen LogP contribution in [0.15, 0.2) is 35.6 Å². The predicted octanol–water partition coefficient (Wildman–Crippen LogP) is 4.41. The summed E-state index contributed by atoms with van der Waals surface area (Å²) in [6, 6.07) is 3.76. The molecular weight excluding hydrogens is 410 g/mol. The van der Waals surface area contributed by atoms with Gasteiger partial charge in [-0.25, -0.2) is 13.8 Å². The van der Waals surface area contributed by atoms with Crippen LogP contribution >= 0.6 is 23.4 Å². The number of aliphatic hydroxyl groups is 1. The molecule has 146 valence electrons. The van der Waals surface area contributed by atoms with Crippen LogP contribution in [0.1, 0.15) is 0 Å². The molecule has 3 heterocycles. The standard InChI is InChI=1S/C18H15ClF2N4O2S/c19-11-6-23-17-15(11)14(1-2-22-17)27-16-12(20)3-10(4-13(16)21)25-18-24-5-9(7-26)8-28-18/h1-4,6,9,26H,5,7-8H2,(H,22,23)(H,24,25)/t9-/m1/s1. The number of pyridine rings is 1. The summed E-state index contributed by atoms with van der Waals surface area (Å²) in [5, 5.41) is 13.4. The first-order chi connectivity index (χ1) is 13.5. The van der Waals surface area contributed by atoms with Gasteiger partial charge in [0.25, 0.3) is 0 Å². The Balaban J connectivity index is 1.58. The molecule has 0 fully saturated rings. The van der Waals surface area contributed by atoms with Crippen LogP contribution in [0.25, 0.3) is 11.0 Å². The number of thioether (sulfide) groups is 1. The van der Waals surface area contributed by atoms with Crippen molar-refractivity contribution in [2.45, 2.75) is 0 Å². The number of aromatic amines is 1. The Morgan fingerprint density at radius 3 is 2.82 bits per heavy atom. The second-order valence-electron chi connectivity index (χ2n) is 6.17. The van der Waals surface area contributed by atoms with Crippen LogP contribution in [0, 0.1) is 17.6 Å². The van der Waals surface area contributed by atoms with Gasteiger partial charge < -0.3 is 20.1 Å². The normalized spacial score (nSPS) is 16.9. The Morgan fingerprint density at radius 1 is 1.36 bits per heavy atom. The van der Waals surface area contributed by atoms with E-state index in [9.17, 15) is 8.78 Å². The molecule has 0 bridgehead atoms. The minimum Gasteiger partial charge on any atom is -0.450 e. The number of benzene rings is 1. The Kier molecular flexibility index (Phi) is 5.38. The fraction of sp³-hybridized carbons (Fsp3) is 0.222. The number of nitrogens with one attached hydrogen (secondary N) is 2. The summed E-state index contributed by atoms with van der Waals surface area (Å²) in [5.41, 5.74) is 0.672. The third kappa shape index (κ3) is 3.78. The molecule has 1 aliphatic heterocycles. The van der Waals surface area contributed by atoms with Gasteiger partial charge in [0.1, 0.15) is 11.4 Å². The van der Waals surface area contributed by atoms with Gasteiger partial charge >= 0.3 is 0 Å². The Labute approximate surface area is 168 Å². The Morgan fingerprint density at radius 2 is 2.14 bits per heavy atom. The maximum absolute atomic E-state index is 14.6. The second-order valence-corrected chi connectivity index (χ2v) is 7.59. The zero-order chi connectivity index (χ0) is 19.7. The Bertz CT molecular complexity index is 1040. The van der Waals surface area contributed by atoms with Gasteiger partial charge in [-0.15, -0.1) is 0 Å². The highest BCUT2D eigenvalue weighted by Crippen LogP contribution is 2.36. The first kappa shape index (κ1) is 19.0. The van der Waals surface area contributed by atoms with Crippen molar-refractivity contribution < 1.29 is 18.6 Å². The number of rotatable bonds is 4. The largest absolute Gasteiger partial charge is 0.450 e. The van der Waals surface area contributed by atoms with Crippen LogP contribution < -0.4 is 10.1 Å². The summed E-state index contributed by atoms with van der Waals surface area (Å²) in [4.78, 5) is 11.2. The van der Waals surface area contributed by atoms with E-state index in [1.807, 2.05) is 0 Å². The van der Waals surface area contributed by atoms with Gasteiger partial charge in [0.05, 0.1) is 10.4 Å². The minimum absolute atomic E-state index is 0.0620. The molecule has 0 saturated heterocycles. The molecular formula is C18H15ClF2N4O2S. The van der Waals surface area contributed by atoms with E-state index in [0.29, 0.717) is 33.5 Å². The molecule has 2 aromatic heterocycles. The molecule has 0 aliphatic carbocycles. The van der Waals surface area contributed by atoms with E-state index >= 15 is 0 Å². The number of nitrogens with zero attached hydrogens (tertiary/aromatic N) is 2. The quantitative estimate of drug-likeness (QED) is 0.578. The van der Waals surface area contributed by atoms with E-state index in [-0.39, 0.29) is 24.0 Å². The molecule has 0 saturated carbocycles. The molecule has 3 N–H and O–H groups in total. The predicted molar refractivity (Wildman–Crippen MR) is 106 cm³/mol. The number of halogens is 3. The highest BCUT2D eigenvalue weighted by Gasteiger charge is 2.19. The smallest absolute Gasteiger partial charge is 0.198 e. The summed E-state index contributed by atoms with van der Waals surface area (Å²) < 4.78 is 34.6. The van der Waals surface area contributed by atoms with E-state index in [0.717, 1.165) is 12.1 Å². The maximum atomic E-state index is 14.6. The van der Waals surface area contributed by atoms with E-state index in [1.54, 1.807) is 0 Å². The summed E-state index contributed by atoms with van der Waals surface area (Å²) in [6.07, 6.45) is 2.98.